The summed E-state index contributed by atoms with van der Waals surface area (Å²) in [7, 11) is 0. The highest BCUT2D eigenvalue weighted by atomic mass is 35.5. The van der Waals surface area contributed by atoms with Gasteiger partial charge in [-0.05, 0) is 31.2 Å². The van der Waals surface area contributed by atoms with Crippen LogP contribution in [-0.2, 0) is 0 Å². The lowest BCUT2D eigenvalue weighted by molar-refractivity contribution is 0.255. The van der Waals surface area contributed by atoms with E-state index in [0.717, 1.165) is 17.8 Å². The highest BCUT2D eigenvalue weighted by Crippen LogP contribution is 2.49. The molecule has 1 fully saturated rings. The number of aromatic nitrogens is 7. The third-order valence-electron chi connectivity index (χ3n) is 5.89. The number of urea groups is 1. The normalized spacial score (nSPS) is 18.1. The molecule has 0 saturated heterocycles. The highest BCUT2D eigenvalue weighted by Gasteiger charge is 2.40. The summed E-state index contributed by atoms with van der Waals surface area (Å²) in [6.07, 6.45) is 9.56. The lowest BCUT2D eigenvalue weighted by atomic mass is 9.90. The molecule has 2 amide bonds. The Balaban J connectivity index is 1.32. The SMILES string of the molecule is O=C(Nc1cnc(-n2nccn2)c(Cl)c1)N1CCC(C2CC2)c2c1cnc1cc(Cl)nn21. The molecule has 0 bridgehead atoms. The van der Waals surface area contributed by atoms with Crippen molar-refractivity contribution in [2.75, 3.05) is 16.8 Å². The second kappa shape index (κ2) is 7.42. The number of halogens is 2. The average Bonchev–Trinajstić information content (AvgIpc) is 3.33. The topological polar surface area (TPSA) is 106 Å². The van der Waals surface area contributed by atoms with Crippen LogP contribution in [0.25, 0.3) is 11.5 Å². The minimum atomic E-state index is -0.289. The number of fused-ring (bicyclic) bond motifs is 3. The Labute approximate surface area is 192 Å². The van der Waals surface area contributed by atoms with Crippen molar-refractivity contribution in [2.45, 2.75) is 25.2 Å². The molecule has 12 heteroatoms. The van der Waals surface area contributed by atoms with Gasteiger partial charge in [0.2, 0.25) is 0 Å². The van der Waals surface area contributed by atoms with Crippen LogP contribution < -0.4 is 10.2 Å². The number of carbonyl (C=O) groups is 1. The quantitative estimate of drug-likeness (QED) is 0.486. The number of nitrogens with one attached hydrogen (secondary N) is 1. The van der Waals surface area contributed by atoms with Gasteiger partial charge in [0, 0.05) is 18.5 Å². The van der Waals surface area contributed by atoms with Crippen LogP contribution in [0.1, 0.15) is 30.9 Å². The fourth-order valence-electron chi connectivity index (χ4n) is 4.33. The van der Waals surface area contributed by atoms with Crippen molar-refractivity contribution < 1.29 is 4.79 Å². The molecule has 1 aliphatic carbocycles. The molecule has 5 heterocycles. The Morgan fingerprint density at radius 1 is 1.06 bits per heavy atom. The van der Waals surface area contributed by atoms with Crippen LogP contribution in [0.5, 0.6) is 0 Å². The summed E-state index contributed by atoms with van der Waals surface area (Å²) in [5.41, 5.74) is 2.88. The first-order valence-corrected chi connectivity index (χ1v) is 11.0. The van der Waals surface area contributed by atoms with E-state index in [2.05, 4.69) is 30.6 Å². The maximum absolute atomic E-state index is 13.2. The number of anilines is 2. The number of carbonyl (C=O) groups excluding carboxylic acids is 1. The van der Waals surface area contributed by atoms with Crippen LogP contribution in [0.3, 0.4) is 0 Å². The maximum Gasteiger partial charge on any atom is 0.326 e. The van der Waals surface area contributed by atoms with E-state index in [-0.39, 0.29) is 6.03 Å². The van der Waals surface area contributed by atoms with Crippen molar-refractivity contribution >= 4 is 46.3 Å². The summed E-state index contributed by atoms with van der Waals surface area (Å²) in [4.78, 5) is 25.0. The Morgan fingerprint density at radius 2 is 1.88 bits per heavy atom. The molecule has 4 aromatic rings. The highest BCUT2D eigenvalue weighted by molar-refractivity contribution is 6.32. The summed E-state index contributed by atoms with van der Waals surface area (Å²) in [6.45, 7) is 0.582. The van der Waals surface area contributed by atoms with Crippen molar-refractivity contribution in [1.29, 1.82) is 0 Å². The van der Waals surface area contributed by atoms with Gasteiger partial charge in [0.15, 0.2) is 16.6 Å². The van der Waals surface area contributed by atoms with Crippen LogP contribution in [0.2, 0.25) is 10.2 Å². The Kier molecular flexibility index (Phi) is 4.51. The molecule has 1 unspecified atom stereocenters. The largest absolute Gasteiger partial charge is 0.326 e. The smallest absolute Gasteiger partial charge is 0.306 e. The third-order valence-corrected chi connectivity index (χ3v) is 6.36. The first kappa shape index (κ1) is 19.4. The van der Waals surface area contributed by atoms with Crippen LogP contribution in [0.4, 0.5) is 16.2 Å². The van der Waals surface area contributed by atoms with E-state index in [4.69, 9.17) is 23.2 Å². The number of rotatable bonds is 3. The van der Waals surface area contributed by atoms with Gasteiger partial charge in [0.1, 0.15) is 0 Å². The first-order chi connectivity index (χ1) is 15.6. The van der Waals surface area contributed by atoms with Crippen LogP contribution in [0.15, 0.2) is 36.9 Å². The van der Waals surface area contributed by atoms with E-state index in [9.17, 15) is 4.79 Å². The van der Waals surface area contributed by atoms with Crippen molar-refractivity contribution in [2.24, 2.45) is 5.92 Å². The minimum absolute atomic E-state index is 0.289. The Morgan fingerprint density at radius 3 is 2.62 bits per heavy atom. The molecule has 0 aromatic carbocycles. The molecule has 10 nitrogen and oxygen atoms in total. The van der Waals surface area contributed by atoms with E-state index in [0.29, 0.717) is 45.7 Å². The number of nitrogens with zero attached hydrogens (tertiary/aromatic N) is 8. The summed E-state index contributed by atoms with van der Waals surface area (Å²) < 4.78 is 1.78. The minimum Gasteiger partial charge on any atom is -0.306 e. The molecule has 32 heavy (non-hydrogen) atoms. The van der Waals surface area contributed by atoms with Crippen molar-refractivity contribution in [3.05, 3.63) is 52.8 Å². The van der Waals surface area contributed by atoms with Gasteiger partial charge in [-0.2, -0.15) is 15.3 Å². The fraction of sp³-hybridized carbons (Fsp3) is 0.300. The summed E-state index contributed by atoms with van der Waals surface area (Å²) in [5, 5.41) is 16.1. The predicted molar refractivity (Wildman–Crippen MR) is 119 cm³/mol. The molecular formula is C20H17Cl2N9O. The van der Waals surface area contributed by atoms with Gasteiger partial charge in [-0.3, -0.25) is 4.90 Å². The molecule has 0 radical (unpaired) electrons. The van der Waals surface area contributed by atoms with E-state index < -0.39 is 0 Å². The monoisotopic (exact) mass is 469 g/mol. The average molecular weight is 470 g/mol. The summed E-state index contributed by atoms with van der Waals surface area (Å²) >= 11 is 12.5. The maximum atomic E-state index is 13.2. The molecule has 1 N–H and O–H groups in total. The summed E-state index contributed by atoms with van der Waals surface area (Å²) in [6, 6.07) is 3.06. The van der Waals surface area contributed by atoms with E-state index in [1.807, 2.05) is 0 Å². The predicted octanol–water partition coefficient (Wildman–Crippen LogP) is 3.95. The fourth-order valence-corrected chi connectivity index (χ4v) is 4.74. The van der Waals surface area contributed by atoms with Crippen LogP contribution in [-0.4, -0.2) is 47.2 Å². The van der Waals surface area contributed by atoms with Crippen molar-refractivity contribution in [1.82, 2.24) is 34.6 Å². The number of hydrogen-bond acceptors (Lipinski definition) is 6. The second-order valence-electron chi connectivity index (χ2n) is 7.93. The first-order valence-electron chi connectivity index (χ1n) is 10.2. The van der Waals surface area contributed by atoms with Crippen molar-refractivity contribution in [3.8, 4) is 5.82 Å². The Bertz CT molecular complexity index is 1330. The molecule has 1 saturated carbocycles. The zero-order chi connectivity index (χ0) is 21.8. The van der Waals surface area contributed by atoms with Gasteiger partial charge in [-0.25, -0.2) is 19.3 Å². The second-order valence-corrected chi connectivity index (χ2v) is 8.72. The van der Waals surface area contributed by atoms with E-state index >= 15 is 0 Å². The number of pyridine rings is 1. The summed E-state index contributed by atoms with van der Waals surface area (Å²) in [5.74, 6) is 1.32. The van der Waals surface area contributed by atoms with Gasteiger partial charge in [-0.1, -0.05) is 23.2 Å². The van der Waals surface area contributed by atoms with E-state index in [1.165, 1.54) is 36.2 Å². The molecular weight excluding hydrogens is 453 g/mol. The molecule has 4 aromatic heterocycles. The molecule has 162 valence electrons. The molecule has 2 aliphatic rings. The van der Waals surface area contributed by atoms with Crippen LogP contribution >= 0.6 is 23.2 Å². The standard InChI is InChI=1S/C20H17Cl2N9O/c21-14-7-12(9-24-19(14)31-25-4-5-26-31)27-20(32)29-6-3-13(11-1-2-11)18-15(29)10-23-17-8-16(22)28-30(17)18/h4-5,7-11,13H,1-3,6H2,(H,27,32). The molecule has 1 aliphatic heterocycles. The zero-order valence-corrected chi connectivity index (χ0v) is 18.2. The van der Waals surface area contributed by atoms with Crippen molar-refractivity contribution in [3.63, 3.8) is 0 Å². The zero-order valence-electron chi connectivity index (χ0n) is 16.7. The number of amides is 2. The number of hydrogen-bond donors (Lipinski definition) is 1. The Hall–Kier alpha value is -3.24. The molecule has 1 atom stereocenters. The third kappa shape index (κ3) is 3.26. The lowest BCUT2D eigenvalue weighted by Gasteiger charge is -2.34. The van der Waals surface area contributed by atoms with Crippen LogP contribution in [0, 0.1) is 5.92 Å². The van der Waals surface area contributed by atoms with E-state index in [1.54, 1.807) is 27.7 Å². The molecule has 0 spiro atoms. The van der Waals surface area contributed by atoms with Gasteiger partial charge in [0.25, 0.3) is 0 Å². The van der Waals surface area contributed by atoms with Gasteiger partial charge in [0.05, 0.1) is 46.9 Å². The van der Waals surface area contributed by atoms with Gasteiger partial charge >= 0.3 is 6.03 Å². The van der Waals surface area contributed by atoms with Gasteiger partial charge in [-0.15, -0.1) is 4.80 Å². The lowest BCUT2D eigenvalue weighted by Crippen LogP contribution is -2.41. The molecule has 6 rings (SSSR count). The van der Waals surface area contributed by atoms with Gasteiger partial charge < -0.3 is 5.32 Å².